The SMILES string of the molecule is Cc1ccc(-c2cc(C(=O)N(Cc3ccco3)Cc3cccs3)no2)cc1C. The first-order chi connectivity index (χ1) is 13.6. The van der Waals surface area contributed by atoms with Gasteiger partial charge in [0.1, 0.15) is 5.76 Å². The Hall–Kier alpha value is -3.12. The van der Waals surface area contributed by atoms with Crippen molar-refractivity contribution < 1.29 is 13.7 Å². The second-order valence-electron chi connectivity index (χ2n) is 6.70. The molecule has 5 nitrogen and oxygen atoms in total. The van der Waals surface area contributed by atoms with Crippen LogP contribution in [0.15, 0.2) is 69.1 Å². The molecule has 142 valence electrons. The summed E-state index contributed by atoms with van der Waals surface area (Å²) in [4.78, 5) is 15.9. The lowest BCUT2D eigenvalue weighted by Crippen LogP contribution is -2.29. The molecule has 0 aliphatic heterocycles. The minimum Gasteiger partial charge on any atom is -0.467 e. The normalized spacial score (nSPS) is 10.9. The number of hydrogen-bond acceptors (Lipinski definition) is 5. The van der Waals surface area contributed by atoms with Crippen LogP contribution in [0.4, 0.5) is 0 Å². The zero-order chi connectivity index (χ0) is 19.5. The van der Waals surface area contributed by atoms with Crippen molar-refractivity contribution in [1.29, 1.82) is 0 Å². The van der Waals surface area contributed by atoms with Gasteiger partial charge in [-0.05, 0) is 54.6 Å². The predicted octanol–water partition coefficient (Wildman–Crippen LogP) is 5.46. The van der Waals surface area contributed by atoms with Crippen molar-refractivity contribution in [1.82, 2.24) is 10.1 Å². The van der Waals surface area contributed by atoms with E-state index in [1.807, 2.05) is 54.8 Å². The molecule has 0 saturated heterocycles. The van der Waals surface area contributed by atoms with Gasteiger partial charge >= 0.3 is 0 Å². The first-order valence-electron chi connectivity index (χ1n) is 8.98. The van der Waals surface area contributed by atoms with Crippen molar-refractivity contribution in [3.63, 3.8) is 0 Å². The lowest BCUT2D eigenvalue weighted by molar-refractivity contribution is 0.0709. The van der Waals surface area contributed by atoms with Crippen LogP contribution in [0.2, 0.25) is 0 Å². The molecule has 0 atom stereocenters. The number of carbonyl (C=O) groups excluding carboxylic acids is 1. The maximum Gasteiger partial charge on any atom is 0.276 e. The van der Waals surface area contributed by atoms with Gasteiger partial charge in [0.05, 0.1) is 19.4 Å². The van der Waals surface area contributed by atoms with Gasteiger partial charge in [0.2, 0.25) is 0 Å². The average molecular weight is 392 g/mol. The first kappa shape index (κ1) is 18.3. The highest BCUT2D eigenvalue weighted by Gasteiger charge is 2.22. The van der Waals surface area contributed by atoms with E-state index in [1.54, 1.807) is 28.6 Å². The van der Waals surface area contributed by atoms with Crippen LogP contribution in [0, 0.1) is 13.8 Å². The molecule has 0 spiro atoms. The van der Waals surface area contributed by atoms with E-state index in [0.29, 0.717) is 18.8 Å². The summed E-state index contributed by atoms with van der Waals surface area (Å²) in [6.45, 7) is 4.97. The number of aromatic nitrogens is 1. The summed E-state index contributed by atoms with van der Waals surface area (Å²) in [6.07, 6.45) is 1.61. The number of nitrogens with zero attached hydrogens (tertiary/aromatic N) is 2. The van der Waals surface area contributed by atoms with Crippen LogP contribution in [0.3, 0.4) is 0 Å². The minimum absolute atomic E-state index is 0.191. The topological polar surface area (TPSA) is 59.5 Å². The van der Waals surface area contributed by atoms with Gasteiger partial charge in [0.25, 0.3) is 5.91 Å². The monoisotopic (exact) mass is 392 g/mol. The maximum absolute atomic E-state index is 13.1. The Morgan fingerprint density at radius 2 is 1.96 bits per heavy atom. The summed E-state index contributed by atoms with van der Waals surface area (Å²) < 4.78 is 10.9. The molecule has 6 heteroatoms. The Kier molecular flexibility index (Phi) is 5.12. The molecule has 0 saturated carbocycles. The lowest BCUT2D eigenvalue weighted by atomic mass is 10.0. The highest BCUT2D eigenvalue weighted by Crippen LogP contribution is 2.24. The fraction of sp³-hybridized carbons (Fsp3) is 0.182. The van der Waals surface area contributed by atoms with E-state index >= 15 is 0 Å². The molecule has 0 aliphatic carbocycles. The van der Waals surface area contributed by atoms with E-state index in [1.165, 1.54) is 11.1 Å². The zero-order valence-corrected chi connectivity index (χ0v) is 16.5. The van der Waals surface area contributed by atoms with Crippen LogP contribution in [-0.2, 0) is 13.1 Å². The molecule has 1 aromatic carbocycles. The predicted molar refractivity (Wildman–Crippen MR) is 108 cm³/mol. The minimum atomic E-state index is -0.191. The molecule has 0 fully saturated rings. The van der Waals surface area contributed by atoms with Crippen LogP contribution in [-0.4, -0.2) is 16.0 Å². The lowest BCUT2D eigenvalue weighted by Gasteiger charge is -2.19. The summed E-state index contributed by atoms with van der Waals surface area (Å²) >= 11 is 1.61. The third kappa shape index (κ3) is 3.92. The molecule has 0 aliphatic rings. The molecular formula is C22H20N2O3S. The number of thiophene rings is 1. The van der Waals surface area contributed by atoms with Gasteiger partial charge in [-0.15, -0.1) is 11.3 Å². The third-order valence-electron chi connectivity index (χ3n) is 4.66. The standard InChI is InChI=1S/C22H20N2O3S/c1-15-7-8-17(11-16(15)2)21-12-20(23-27-21)22(25)24(13-18-5-3-9-26-18)14-19-6-4-10-28-19/h3-12H,13-14H2,1-2H3. The fourth-order valence-electron chi connectivity index (χ4n) is 2.95. The van der Waals surface area contributed by atoms with Crippen LogP contribution >= 0.6 is 11.3 Å². The molecule has 0 radical (unpaired) electrons. The Morgan fingerprint density at radius 3 is 2.68 bits per heavy atom. The third-order valence-corrected chi connectivity index (χ3v) is 5.52. The number of amides is 1. The van der Waals surface area contributed by atoms with E-state index in [9.17, 15) is 4.79 Å². The highest BCUT2D eigenvalue weighted by molar-refractivity contribution is 7.09. The summed E-state index contributed by atoms with van der Waals surface area (Å²) in [6, 6.07) is 15.4. The molecule has 0 N–H and O–H groups in total. The molecular weight excluding hydrogens is 372 g/mol. The van der Waals surface area contributed by atoms with E-state index in [-0.39, 0.29) is 11.6 Å². The van der Waals surface area contributed by atoms with Gasteiger partial charge in [0, 0.05) is 16.5 Å². The first-order valence-corrected chi connectivity index (χ1v) is 9.86. The van der Waals surface area contributed by atoms with E-state index in [2.05, 4.69) is 12.1 Å². The molecule has 1 amide bonds. The summed E-state index contributed by atoms with van der Waals surface area (Å²) in [7, 11) is 0. The Bertz CT molecular complexity index is 1030. The van der Waals surface area contributed by atoms with Crippen molar-refractivity contribution in [2.24, 2.45) is 0 Å². The second-order valence-corrected chi connectivity index (χ2v) is 7.73. The smallest absolute Gasteiger partial charge is 0.276 e. The van der Waals surface area contributed by atoms with E-state index in [0.717, 1.165) is 16.2 Å². The van der Waals surface area contributed by atoms with Gasteiger partial charge in [-0.2, -0.15) is 0 Å². The van der Waals surface area contributed by atoms with Crippen LogP contribution in [0.25, 0.3) is 11.3 Å². The molecule has 4 rings (SSSR count). The number of rotatable bonds is 6. The van der Waals surface area contributed by atoms with Gasteiger partial charge in [-0.25, -0.2) is 0 Å². The molecule has 0 bridgehead atoms. The number of furan rings is 1. The number of hydrogen-bond donors (Lipinski definition) is 0. The van der Waals surface area contributed by atoms with Gasteiger partial charge < -0.3 is 13.8 Å². The molecule has 3 heterocycles. The van der Waals surface area contributed by atoms with Crippen LogP contribution in [0.1, 0.15) is 32.3 Å². The molecule has 28 heavy (non-hydrogen) atoms. The number of carbonyl (C=O) groups is 1. The highest BCUT2D eigenvalue weighted by atomic mass is 32.1. The van der Waals surface area contributed by atoms with Gasteiger partial charge in [-0.1, -0.05) is 23.4 Å². The Balaban J connectivity index is 1.59. The molecule has 4 aromatic rings. The van der Waals surface area contributed by atoms with Crippen molar-refractivity contribution in [2.75, 3.05) is 0 Å². The number of aryl methyl sites for hydroxylation is 2. The Morgan fingerprint density at radius 1 is 1.07 bits per heavy atom. The summed E-state index contributed by atoms with van der Waals surface area (Å²) in [5.74, 6) is 1.12. The van der Waals surface area contributed by atoms with Gasteiger partial charge in [0.15, 0.2) is 11.5 Å². The largest absolute Gasteiger partial charge is 0.467 e. The number of benzene rings is 1. The second kappa shape index (κ2) is 7.86. The quantitative estimate of drug-likeness (QED) is 0.437. The maximum atomic E-state index is 13.1. The zero-order valence-electron chi connectivity index (χ0n) is 15.7. The summed E-state index contributed by atoms with van der Waals surface area (Å²) in [5, 5.41) is 6.03. The molecule has 3 aromatic heterocycles. The van der Waals surface area contributed by atoms with Crippen LogP contribution < -0.4 is 0 Å². The van der Waals surface area contributed by atoms with E-state index < -0.39 is 0 Å². The van der Waals surface area contributed by atoms with E-state index in [4.69, 9.17) is 8.94 Å². The van der Waals surface area contributed by atoms with Crippen LogP contribution in [0.5, 0.6) is 0 Å². The van der Waals surface area contributed by atoms with Crippen molar-refractivity contribution in [2.45, 2.75) is 26.9 Å². The van der Waals surface area contributed by atoms with Gasteiger partial charge in [-0.3, -0.25) is 4.79 Å². The average Bonchev–Trinajstić information content (AvgIpc) is 3.45. The Labute approximate surface area is 167 Å². The molecule has 0 unspecified atom stereocenters. The van der Waals surface area contributed by atoms with Crippen molar-refractivity contribution in [3.05, 3.63) is 87.6 Å². The van der Waals surface area contributed by atoms with Crippen molar-refractivity contribution in [3.8, 4) is 11.3 Å². The fourth-order valence-corrected chi connectivity index (χ4v) is 3.67. The van der Waals surface area contributed by atoms with Crippen molar-refractivity contribution >= 4 is 17.2 Å². The summed E-state index contributed by atoms with van der Waals surface area (Å²) in [5.41, 5.74) is 3.57.